The molecule has 0 radical (unpaired) electrons. The molecule has 1 aliphatic heterocycles. The molecule has 3 rings (SSSR count). The topological polar surface area (TPSA) is 54.2 Å². The lowest BCUT2D eigenvalue weighted by molar-refractivity contribution is 0.176. The fraction of sp³-hybridized carbons (Fsp3) is 0.500. The minimum atomic E-state index is 0.194. The van der Waals surface area contributed by atoms with Crippen LogP contribution in [0, 0.1) is 0 Å². The fourth-order valence-corrected chi connectivity index (χ4v) is 2.64. The van der Waals surface area contributed by atoms with Gasteiger partial charge in [-0.3, -0.25) is 4.90 Å². The molecular weight excluding hydrogens is 264 g/mol. The smallest absolute Gasteiger partial charge is 0.257 e. The molecule has 1 saturated heterocycles. The van der Waals surface area contributed by atoms with E-state index in [9.17, 15) is 0 Å². The fourth-order valence-electron chi connectivity index (χ4n) is 2.64. The Morgan fingerprint density at radius 1 is 1.24 bits per heavy atom. The van der Waals surface area contributed by atoms with Crippen molar-refractivity contribution < 1.29 is 4.52 Å². The predicted molar refractivity (Wildman–Crippen MR) is 82.0 cm³/mol. The van der Waals surface area contributed by atoms with Crippen molar-refractivity contribution in [1.29, 1.82) is 0 Å². The predicted octanol–water partition coefficient (Wildman–Crippen LogP) is 2.27. The van der Waals surface area contributed by atoms with Gasteiger partial charge in [-0.2, -0.15) is 4.98 Å². The van der Waals surface area contributed by atoms with Crippen LogP contribution in [0.5, 0.6) is 0 Å². The molecule has 2 aromatic rings. The summed E-state index contributed by atoms with van der Waals surface area (Å²) in [5, 5.41) is 7.52. The molecule has 0 spiro atoms. The van der Waals surface area contributed by atoms with Crippen LogP contribution in [0.25, 0.3) is 11.5 Å². The van der Waals surface area contributed by atoms with Crippen LogP contribution in [0.1, 0.15) is 31.3 Å². The second kappa shape index (κ2) is 6.37. The number of benzene rings is 1. The third-order valence-corrected chi connectivity index (χ3v) is 4.12. The third kappa shape index (κ3) is 3.14. The van der Waals surface area contributed by atoms with Crippen molar-refractivity contribution in [3.63, 3.8) is 0 Å². The van der Waals surface area contributed by atoms with Crippen LogP contribution in [-0.2, 0) is 6.42 Å². The standard InChI is InChI=1S/C16H22N4O/c1-3-13-4-6-14(7-5-13)16-18-15(19-21-16)12(2)20-10-8-17-9-11-20/h4-7,12,17H,3,8-11H2,1-2H3. The van der Waals surface area contributed by atoms with Gasteiger partial charge in [0.25, 0.3) is 5.89 Å². The first kappa shape index (κ1) is 14.2. The molecule has 1 unspecified atom stereocenters. The van der Waals surface area contributed by atoms with E-state index in [4.69, 9.17) is 4.52 Å². The van der Waals surface area contributed by atoms with Gasteiger partial charge in [-0.05, 0) is 31.0 Å². The summed E-state index contributed by atoms with van der Waals surface area (Å²) in [6, 6.07) is 8.51. The Morgan fingerprint density at radius 2 is 1.95 bits per heavy atom. The van der Waals surface area contributed by atoms with Crippen molar-refractivity contribution in [2.75, 3.05) is 26.2 Å². The van der Waals surface area contributed by atoms with E-state index in [2.05, 4.69) is 46.3 Å². The van der Waals surface area contributed by atoms with Gasteiger partial charge in [-0.1, -0.05) is 24.2 Å². The molecule has 1 fully saturated rings. The number of nitrogens with zero attached hydrogens (tertiary/aromatic N) is 3. The van der Waals surface area contributed by atoms with Crippen molar-refractivity contribution in [2.45, 2.75) is 26.3 Å². The summed E-state index contributed by atoms with van der Waals surface area (Å²) in [4.78, 5) is 6.95. The molecule has 1 aromatic heterocycles. The second-order valence-electron chi connectivity index (χ2n) is 5.47. The summed E-state index contributed by atoms with van der Waals surface area (Å²) in [5.74, 6) is 1.38. The summed E-state index contributed by atoms with van der Waals surface area (Å²) < 4.78 is 5.43. The van der Waals surface area contributed by atoms with E-state index in [1.165, 1.54) is 5.56 Å². The Kier molecular flexibility index (Phi) is 4.31. The number of hydrogen-bond donors (Lipinski definition) is 1. The molecule has 1 N–H and O–H groups in total. The second-order valence-corrected chi connectivity index (χ2v) is 5.47. The zero-order valence-electron chi connectivity index (χ0n) is 12.7. The molecule has 112 valence electrons. The SMILES string of the molecule is CCc1ccc(-c2nc(C(C)N3CCNCC3)no2)cc1. The van der Waals surface area contributed by atoms with E-state index in [0.717, 1.165) is 44.0 Å². The van der Waals surface area contributed by atoms with Gasteiger partial charge in [0.15, 0.2) is 5.82 Å². The van der Waals surface area contributed by atoms with E-state index < -0.39 is 0 Å². The van der Waals surface area contributed by atoms with E-state index in [1.54, 1.807) is 0 Å². The normalized spacial score (nSPS) is 17.8. The van der Waals surface area contributed by atoms with E-state index >= 15 is 0 Å². The highest BCUT2D eigenvalue weighted by Gasteiger charge is 2.22. The van der Waals surface area contributed by atoms with Gasteiger partial charge in [0.1, 0.15) is 0 Å². The van der Waals surface area contributed by atoms with Crippen LogP contribution in [0.15, 0.2) is 28.8 Å². The first-order valence-electron chi connectivity index (χ1n) is 7.65. The Labute approximate surface area is 125 Å². The van der Waals surface area contributed by atoms with Crippen molar-refractivity contribution in [3.05, 3.63) is 35.7 Å². The molecule has 5 heteroatoms. The lowest BCUT2D eigenvalue weighted by Gasteiger charge is -2.30. The first-order valence-corrected chi connectivity index (χ1v) is 7.65. The van der Waals surface area contributed by atoms with Crippen LogP contribution in [-0.4, -0.2) is 41.2 Å². The number of nitrogens with one attached hydrogen (secondary N) is 1. The van der Waals surface area contributed by atoms with Gasteiger partial charge in [0, 0.05) is 31.7 Å². The van der Waals surface area contributed by atoms with Gasteiger partial charge in [-0.25, -0.2) is 0 Å². The number of hydrogen-bond acceptors (Lipinski definition) is 5. The molecule has 0 bridgehead atoms. The molecular formula is C16H22N4O. The lowest BCUT2D eigenvalue weighted by atomic mass is 10.1. The van der Waals surface area contributed by atoms with Crippen molar-refractivity contribution >= 4 is 0 Å². The molecule has 0 amide bonds. The molecule has 1 atom stereocenters. The molecule has 2 heterocycles. The van der Waals surface area contributed by atoms with E-state index in [1.807, 2.05) is 12.1 Å². The molecule has 0 saturated carbocycles. The van der Waals surface area contributed by atoms with E-state index in [0.29, 0.717) is 5.89 Å². The first-order chi connectivity index (χ1) is 10.3. The van der Waals surface area contributed by atoms with Crippen molar-refractivity contribution in [3.8, 4) is 11.5 Å². The van der Waals surface area contributed by atoms with Gasteiger partial charge in [0.2, 0.25) is 0 Å². The summed E-state index contributed by atoms with van der Waals surface area (Å²) in [6.45, 7) is 8.38. The highest BCUT2D eigenvalue weighted by atomic mass is 16.5. The number of piperazine rings is 1. The lowest BCUT2D eigenvalue weighted by Crippen LogP contribution is -2.44. The highest BCUT2D eigenvalue weighted by molar-refractivity contribution is 5.53. The number of aromatic nitrogens is 2. The van der Waals surface area contributed by atoms with Gasteiger partial charge >= 0.3 is 0 Å². The largest absolute Gasteiger partial charge is 0.334 e. The van der Waals surface area contributed by atoms with Crippen LogP contribution < -0.4 is 5.32 Å². The number of aryl methyl sites for hydroxylation is 1. The maximum absolute atomic E-state index is 5.43. The van der Waals surface area contributed by atoms with Crippen molar-refractivity contribution in [2.24, 2.45) is 0 Å². The third-order valence-electron chi connectivity index (χ3n) is 4.12. The molecule has 0 aliphatic carbocycles. The maximum atomic E-state index is 5.43. The van der Waals surface area contributed by atoms with Crippen LogP contribution in [0.2, 0.25) is 0 Å². The van der Waals surface area contributed by atoms with Gasteiger partial charge < -0.3 is 9.84 Å². The van der Waals surface area contributed by atoms with Crippen LogP contribution in [0.4, 0.5) is 0 Å². The van der Waals surface area contributed by atoms with Crippen LogP contribution >= 0.6 is 0 Å². The van der Waals surface area contributed by atoms with Crippen LogP contribution in [0.3, 0.4) is 0 Å². The minimum absolute atomic E-state index is 0.194. The molecule has 5 nitrogen and oxygen atoms in total. The average Bonchev–Trinajstić information content (AvgIpc) is 3.05. The highest BCUT2D eigenvalue weighted by Crippen LogP contribution is 2.23. The summed E-state index contributed by atoms with van der Waals surface area (Å²) in [6.07, 6.45) is 1.04. The molecule has 1 aromatic carbocycles. The maximum Gasteiger partial charge on any atom is 0.257 e. The average molecular weight is 286 g/mol. The Hall–Kier alpha value is -1.72. The Morgan fingerprint density at radius 3 is 2.62 bits per heavy atom. The zero-order valence-corrected chi connectivity index (χ0v) is 12.7. The summed E-state index contributed by atoms with van der Waals surface area (Å²) >= 11 is 0. The van der Waals surface area contributed by atoms with Gasteiger partial charge in [-0.15, -0.1) is 0 Å². The molecule has 1 aliphatic rings. The van der Waals surface area contributed by atoms with Gasteiger partial charge in [0.05, 0.1) is 6.04 Å². The Bertz CT molecular complexity index is 572. The summed E-state index contributed by atoms with van der Waals surface area (Å²) in [5.41, 5.74) is 2.30. The summed E-state index contributed by atoms with van der Waals surface area (Å²) in [7, 11) is 0. The number of rotatable bonds is 4. The van der Waals surface area contributed by atoms with E-state index in [-0.39, 0.29) is 6.04 Å². The van der Waals surface area contributed by atoms with Crippen molar-refractivity contribution in [1.82, 2.24) is 20.4 Å². The Balaban J connectivity index is 1.75. The monoisotopic (exact) mass is 286 g/mol. The quantitative estimate of drug-likeness (QED) is 0.934. The molecule has 21 heavy (non-hydrogen) atoms. The minimum Gasteiger partial charge on any atom is -0.334 e. The zero-order chi connectivity index (χ0) is 14.7.